The normalized spacial score (nSPS) is 10.0. The standard InChI is InChI=1S/C15H19N5O2S/c1-4-10-9(2)13(18-17-10)14(21)19-20-15(23)16-11-7-5-6-8-12(11)22-3/h5-8H,4H2,1-3H3,(H,17,18)(H,19,21)(H2,16,20,23). The molecule has 4 N–H and O–H groups in total. The third-order valence-corrected chi connectivity index (χ3v) is 3.53. The van der Waals surface area contributed by atoms with Crippen molar-refractivity contribution in [3.05, 3.63) is 41.2 Å². The molecule has 122 valence electrons. The zero-order valence-electron chi connectivity index (χ0n) is 13.2. The van der Waals surface area contributed by atoms with E-state index in [4.69, 9.17) is 17.0 Å². The molecule has 8 heteroatoms. The molecule has 2 aromatic rings. The Balaban J connectivity index is 1.93. The fourth-order valence-electron chi connectivity index (χ4n) is 2.07. The fraction of sp³-hybridized carbons (Fsp3) is 0.267. The molecule has 1 aromatic carbocycles. The van der Waals surface area contributed by atoms with Crippen LogP contribution in [-0.2, 0) is 6.42 Å². The van der Waals surface area contributed by atoms with Gasteiger partial charge in [0, 0.05) is 11.3 Å². The maximum Gasteiger partial charge on any atom is 0.290 e. The Hall–Kier alpha value is -2.61. The first kappa shape index (κ1) is 16.8. The summed E-state index contributed by atoms with van der Waals surface area (Å²) in [7, 11) is 1.57. The van der Waals surface area contributed by atoms with E-state index in [1.165, 1.54) is 0 Å². The average molecular weight is 333 g/mol. The van der Waals surface area contributed by atoms with Gasteiger partial charge in [-0.1, -0.05) is 19.1 Å². The zero-order chi connectivity index (χ0) is 16.8. The molecule has 0 aliphatic heterocycles. The van der Waals surface area contributed by atoms with E-state index in [0.29, 0.717) is 17.1 Å². The number of ether oxygens (including phenoxy) is 1. The van der Waals surface area contributed by atoms with Gasteiger partial charge < -0.3 is 10.1 Å². The summed E-state index contributed by atoms with van der Waals surface area (Å²) in [5.41, 5.74) is 7.97. The van der Waals surface area contributed by atoms with Crippen LogP contribution in [0, 0.1) is 6.92 Å². The van der Waals surface area contributed by atoms with Crippen LogP contribution >= 0.6 is 12.2 Å². The monoisotopic (exact) mass is 333 g/mol. The quantitative estimate of drug-likeness (QED) is 0.505. The highest BCUT2D eigenvalue weighted by atomic mass is 32.1. The Morgan fingerprint density at radius 3 is 2.74 bits per heavy atom. The molecule has 23 heavy (non-hydrogen) atoms. The van der Waals surface area contributed by atoms with Gasteiger partial charge >= 0.3 is 0 Å². The minimum Gasteiger partial charge on any atom is -0.495 e. The number of nitrogens with zero attached hydrogens (tertiary/aromatic N) is 1. The summed E-state index contributed by atoms with van der Waals surface area (Å²) in [5.74, 6) is 0.293. The third kappa shape index (κ3) is 3.98. The number of hydrogen-bond donors (Lipinski definition) is 4. The van der Waals surface area contributed by atoms with Crippen molar-refractivity contribution in [1.29, 1.82) is 0 Å². The molecule has 0 saturated heterocycles. The second-order valence-electron chi connectivity index (χ2n) is 4.76. The summed E-state index contributed by atoms with van der Waals surface area (Å²) in [6, 6.07) is 7.34. The van der Waals surface area contributed by atoms with Crippen molar-refractivity contribution in [3.8, 4) is 5.75 Å². The number of carbonyl (C=O) groups excluding carboxylic acids is 1. The first-order valence-corrected chi connectivity index (χ1v) is 7.51. The summed E-state index contributed by atoms with van der Waals surface area (Å²) in [4.78, 5) is 12.1. The Morgan fingerprint density at radius 1 is 1.35 bits per heavy atom. The Kier molecular flexibility index (Phi) is 5.53. The number of benzene rings is 1. The molecule has 2 rings (SSSR count). The van der Waals surface area contributed by atoms with Crippen LogP contribution < -0.4 is 20.9 Å². The number of carbonyl (C=O) groups is 1. The highest BCUT2D eigenvalue weighted by molar-refractivity contribution is 7.80. The van der Waals surface area contributed by atoms with E-state index in [0.717, 1.165) is 17.7 Å². The lowest BCUT2D eigenvalue weighted by atomic mass is 10.1. The number of methoxy groups -OCH3 is 1. The number of nitrogens with one attached hydrogen (secondary N) is 4. The summed E-state index contributed by atoms with van der Waals surface area (Å²) in [6.07, 6.45) is 0.785. The highest BCUT2D eigenvalue weighted by Crippen LogP contribution is 2.22. The number of rotatable bonds is 4. The van der Waals surface area contributed by atoms with Crippen molar-refractivity contribution >= 4 is 28.9 Å². The molecule has 1 aromatic heterocycles. The van der Waals surface area contributed by atoms with Crippen LogP contribution in [0.2, 0.25) is 0 Å². The first-order valence-electron chi connectivity index (χ1n) is 7.11. The van der Waals surface area contributed by atoms with E-state index in [2.05, 4.69) is 26.4 Å². The number of para-hydroxylation sites is 2. The van der Waals surface area contributed by atoms with Crippen molar-refractivity contribution in [1.82, 2.24) is 21.0 Å². The molecule has 0 unspecified atom stereocenters. The fourth-order valence-corrected chi connectivity index (χ4v) is 2.23. The van der Waals surface area contributed by atoms with E-state index in [-0.39, 0.29) is 11.0 Å². The smallest absolute Gasteiger partial charge is 0.290 e. The van der Waals surface area contributed by atoms with Crippen molar-refractivity contribution in [2.24, 2.45) is 0 Å². The first-order chi connectivity index (χ1) is 11.1. The van der Waals surface area contributed by atoms with Crippen LogP contribution in [0.25, 0.3) is 0 Å². The number of thiocarbonyl (C=S) groups is 1. The maximum absolute atomic E-state index is 12.1. The van der Waals surface area contributed by atoms with Gasteiger partial charge in [-0.3, -0.25) is 20.7 Å². The lowest BCUT2D eigenvalue weighted by Gasteiger charge is -2.13. The number of aromatic nitrogens is 2. The summed E-state index contributed by atoms with van der Waals surface area (Å²) in [6.45, 7) is 3.84. The predicted molar refractivity (Wildman–Crippen MR) is 92.5 cm³/mol. The topological polar surface area (TPSA) is 91.1 Å². The molecule has 0 spiro atoms. The zero-order valence-corrected chi connectivity index (χ0v) is 14.0. The Labute approximate surface area is 139 Å². The molecular formula is C15H19N5O2S. The van der Waals surface area contributed by atoms with Crippen LogP contribution in [0.5, 0.6) is 5.75 Å². The van der Waals surface area contributed by atoms with Gasteiger partial charge in [0.1, 0.15) is 5.75 Å². The summed E-state index contributed by atoms with van der Waals surface area (Å²) in [5, 5.41) is 10.1. The number of hydrogen-bond acceptors (Lipinski definition) is 4. The van der Waals surface area contributed by atoms with Crippen LogP contribution in [0.4, 0.5) is 5.69 Å². The molecule has 0 bridgehead atoms. The van der Waals surface area contributed by atoms with Gasteiger partial charge in [-0.2, -0.15) is 5.10 Å². The predicted octanol–water partition coefficient (Wildman–Crippen LogP) is 1.92. The summed E-state index contributed by atoms with van der Waals surface area (Å²) < 4.78 is 5.22. The number of anilines is 1. The van der Waals surface area contributed by atoms with Gasteiger partial charge in [0.2, 0.25) is 0 Å². The third-order valence-electron chi connectivity index (χ3n) is 3.32. The molecule has 0 fully saturated rings. The molecule has 1 amide bonds. The van der Waals surface area contributed by atoms with Gasteiger partial charge in [0.05, 0.1) is 12.8 Å². The molecule has 7 nitrogen and oxygen atoms in total. The molecular weight excluding hydrogens is 314 g/mol. The van der Waals surface area contributed by atoms with Gasteiger partial charge in [-0.15, -0.1) is 0 Å². The van der Waals surface area contributed by atoms with E-state index in [1.54, 1.807) is 7.11 Å². The van der Waals surface area contributed by atoms with Crippen molar-refractivity contribution in [2.45, 2.75) is 20.3 Å². The van der Waals surface area contributed by atoms with Crippen LogP contribution in [-0.4, -0.2) is 28.3 Å². The van der Waals surface area contributed by atoms with Crippen LogP contribution in [0.15, 0.2) is 24.3 Å². The molecule has 0 aliphatic carbocycles. The van der Waals surface area contributed by atoms with Crippen molar-refractivity contribution in [3.63, 3.8) is 0 Å². The highest BCUT2D eigenvalue weighted by Gasteiger charge is 2.15. The van der Waals surface area contributed by atoms with Gasteiger partial charge in [-0.25, -0.2) is 0 Å². The summed E-state index contributed by atoms with van der Waals surface area (Å²) >= 11 is 5.15. The number of aromatic amines is 1. The van der Waals surface area contributed by atoms with Crippen molar-refractivity contribution in [2.75, 3.05) is 12.4 Å². The molecule has 0 saturated carbocycles. The molecule has 0 atom stereocenters. The van der Waals surface area contributed by atoms with Crippen LogP contribution in [0.1, 0.15) is 28.7 Å². The number of hydrazine groups is 1. The minimum atomic E-state index is -0.359. The number of amides is 1. The van der Waals surface area contributed by atoms with E-state index < -0.39 is 0 Å². The van der Waals surface area contributed by atoms with E-state index in [1.807, 2.05) is 38.1 Å². The van der Waals surface area contributed by atoms with Crippen molar-refractivity contribution < 1.29 is 9.53 Å². The molecule has 1 heterocycles. The molecule has 0 radical (unpaired) electrons. The second kappa shape index (κ2) is 7.59. The number of H-pyrrole nitrogens is 1. The van der Waals surface area contributed by atoms with Gasteiger partial charge in [0.25, 0.3) is 5.91 Å². The average Bonchev–Trinajstić information content (AvgIpc) is 2.94. The largest absolute Gasteiger partial charge is 0.495 e. The van der Waals surface area contributed by atoms with E-state index in [9.17, 15) is 4.79 Å². The Morgan fingerprint density at radius 2 is 2.09 bits per heavy atom. The van der Waals surface area contributed by atoms with Crippen LogP contribution in [0.3, 0.4) is 0 Å². The lowest BCUT2D eigenvalue weighted by molar-refractivity contribution is 0.0938. The lowest BCUT2D eigenvalue weighted by Crippen LogP contribution is -2.44. The molecule has 0 aliphatic rings. The maximum atomic E-state index is 12.1. The Bertz CT molecular complexity index is 714. The van der Waals surface area contributed by atoms with Gasteiger partial charge in [-0.05, 0) is 37.7 Å². The van der Waals surface area contributed by atoms with E-state index >= 15 is 0 Å². The SMILES string of the molecule is CCc1[nH]nc(C(=O)NNC(=S)Nc2ccccc2OC)c1C. The van der Waals surface area contributed by atoms with Gasteiger partial charge in [0.15, 0.2) is 10.8 Å². The second-order valence-corrected chi connectivity index (χ2v) is 5.17. The minimum absolute atomic E-state index is 0.242. The number of aryl methyl sites for hydroxylation is 1.